The lowest BCUT2D eigenvalue weighted by atomic mass is 9.97. The van der Waals surface area contributed by atoms with Crippen LogP contribution < -0.4 is 4.74 Å². The Morgan fingerprint density at radius 3 is 2.39 bits per heavy atom. The molecule has 31 heavy (non-hydrogen) atoms. The molecular weight excluding hydrogens is 416 g/mol. The third kappa shape index (κ3) is 4.13. The summed E-state index contributed by atoms with van der Waals surface area (Å²) in [5.41, 5.74) is 0.301. The number of hydrogen-bond acceptors (Lipinski definition) is 6. The third-order valence-corrected chi connectivity index (χ3v) is 8.00. The first-order chi connectivity index (χ1) is 14.6. The molecule has 2 fully saturated rings. The van der Waals surface area contributed by atoms with Crippen molar-refractivity contribution in [1.29, 1.82) is 0 Å². The van der Waals surface area contributed by atoms with Gasteiger partial charge in [-0.25, -0.2) is 13.2 Å². The molecule has 0 radical (unpaired) electrons. The zero-order valence-corrected chi connectivity index (χ0v) is 19.0. The normalized spacial score (nSPS) is 25.5. The Hall–Kier alpha value is -2.61. The van der Waals surface area contributed by atoms with Crippen LogP contribution in [0.25, 0.3) is 0 Å². The summed E-state index contributed by atoms with van der Waals surface area (Å²) in [6.07, 6.45) is 3.23. The van der Waals surface area contributed by atoms with Crippen LogP contribution in [0, 0.1) is 6.92 Å². The maximum absolute atomic E-state index is 13.7. The van der Waals surface area contributed by atoms with Gasteiger partial charge >= 0.3 is 6.09 Å². The van der Waals surface area contributed by atoms with Crippen molar-refractivity contribution in [3.05, 3.63) is 54.4 Å². The third-order valence-electron chi connectivity index (χ3n) is 5.77. The molecule has 2 aliphatic rings. The van der Waals surface area contributed by atoms with Gasteiger partial charge in [0.15, 0.2) is 9.84 Å². The standard InChI is InChI=1S/C23H28N2O5S/c1-15-7-9-17(10-8-15)31(27,28)21-19-12-11-18(25(19)22(26)30-23(2,3)4)20(21)29-16-6-5-13-24-14-16/h5-10,13-14,18-21H,11-12H2,1-4H3/t18-,19+,20-,21+/m1/s1. The Balaban J connectivity index is 1.73. The molecule has 2 aromatic rings. The number of aryl methyl sites for hydroxylation is 1. The highest BCUT2D eigenvalue weighted by atomic mass is 32.2. The van der Waals surface area contributed by atoms with E-state index in [2.05, 4.69) is 4.98 Å². The number of aromatic nitrogens is 1. The molecule has 2 saturated heterocycles. The van der Waals surface area contributed by atoms with E-state index in [-0.39, 0.29) is 10.9 Å². The number of fused-ring (bicyclic) bond motifs is 2. The highest BCUT2D eigenvalue weighted by Crippen LogP contribution is 2.45. The van der Waals surface area contributed by atoms with E-state index >= 15 is 0 Å². The molecule has 0 spiro atoms. The lowest BCUT2D eigenvalue weighted by molar-refractivity contribution is 0.0182. The fraction of sp³-hybridized carbons (Fsp3) is 0.478. The van der Waals surface area contributed by atoms with Crippen LogP contribution in [0.3, 0.4) is 0 Å². The number of hydrogen-bond donors (Lipinski definition) is 0. The Morgan fingerprint density at radius 1 is 1.10 bits per heavy atom. The highest BCUT2D eigenvalue weighted by molar-refractivity contribution is 7.92. The minimum absolute atomic E-state index is 0.236. The Kier molecular flexibility index (Phi) is 5.45. The van der Waals surface area contributed by atoms with E-state index in [4.69, 9.17) is 9.47 Å². The predicted octanol–water partition coefficient (Wildman–Crippen LogP) is 3.76. The molecule has 0 N–H and O–H groups in total. The van der Waals surface area contributed by atoms with Gasteiger partial charge in [0.2, 0.25) is 0 Å². The second kappa shape index (κ2) is 7.82. The van der Waals surface area contributed by atoms with E-state index in [1.165, 1.54) is 0 Å². The van der Waals surface area contributed by atoms with Gasteiger partial charge < -0.3 is 9.47 Å². The fourth-order valence-electron chi connectivity index (χ4n) is 4.52. The highest BCUT2D eigenvalue weighted by Gasteiger charge is 2.62. The molecule has 8 heteroatoms. The van der Waals surface area contributed by atoms with Gasteiger partial charge in [0.05, 0.1) is 23.2 Å². The average Bonchev–Trinajstić information content (AvgIpc) is 3.24. The molecule has 2 bridgehead atoms. The van der Waals surface area contributed by atoms with Gasteiger partial charge in [-0.3, -0.25) is 9.88 Å². The van der Waals surface area contributed by atoms with Crippen molar-refractivity contribution < 1.29 is 22.7 Å². The Labute approximate surface area is 183 Å². The van der Waals surface area contributed by atoms with Crippen LogP contribution >= 0.6 is 0 Å². The van der Waals surface area contributed by atoms with Crippen LogP contribution in [0.2, 0.25) is 0 Å². The number of carbonyl (C=O) groups excluding carboxylic acids is 1. The van der Waals surface area contributed by atoms with E-state index < -0.39 is 38.9 Å². The quantitative estimate of drug-likeness (QED) is 0.714. The molecule has 4 rings (SSSR count). The SMILES string of the molecule is Cc1ccc(S(=O)(=O)[C@@H]2[C@H](Oc3cccnc3)[C@H]3CC[C@@H]2N3C(=O)OC(C)(C)C)cc1. The topological polar surface area (TPSA) is 85.8 Å². The number of sulfone groups is 1. The molecule has 166 valence electrons. The second-order valence-electron chi connectivity index (χ2n) is 9.19. The van der Waals surface area contributed by atoms with Crippen molar-refractivity contribution >= 4 is 15.9 Å². The van der Waals surface area contributed by atoms with Crippen molar-refractivity contribution in [2.75, 3.05) is 0 Å². The van der Waals surface area contributed by atoms with Crippen molar-refractivity contribution in [2.24, 2.45) is 0 Å². The average molecular weight is 445 g/mol. The van der Waals surface area contributed by atoms with E-state index in [0.29, 0.717) is 18.6 Å². The first-order valence-electron chi connectivity index (χ1n) is 10.5. The van der Waals surface area contributed by atoms with E-state index in [9.17, 15) is 13.2 Å². The summed E-state index contributed by atoms with van der Waals surface area (Å²) in [5.74, 6) is 0.480. The van der Waals surface area contributed by atoms with Crippen LogP contribution in [-0.2, 0) is 14.6 Å². The van der Waals surface area contributed by atoms with Crippen LogP contribution in [0.5, 0.6) is 5.75 Å². The first kappa shape index (κ1) is 21.6. The summed E-state index contributed by atoms with van der Waals surface area (Å²) in [6, 6.07) is 9.39. The van der Waals surface area contributed by atoms with Crippen LogP contribution in [0.4, 0.5) is 4.79 Å². The zero-order chi connectivity index (χ0) is 22.4. The number of nitrogens with zero attached hydrogens (tertiary/aromatic N) is 2. The van der Waals surface area contributed by atoms with E-state index in [0.717, 1.165) is 5.56 Å². The number of ether oxygens (including phenoxy) is 2. The largest absolute Gasteiger partial charge is 0.485 e. The molecule has 1 aromatic carbocycles. The number of pyridine rings is 1. The molecule has 1 aromatic heterocycles. The minimum atomic E-state index is -3.76. The van der Waals surface area contributed by atoms with Crippen molar-refractivity contribution in [2.45, 2.75) is 74.5 Å². The van der Waals surface area contributed by atoms with E-state index in [1.807, 2.05) is 6.92 Å². The summed E-state index contributed by atoms with van der Waals surface area (Å²) >= 11 is 0. The molecule has 2 aliphatic heterocycles. The molecule has 4 atom stereocenters. The van der Waals surface area contributed by atoms with Gasteiger partial charge in [-0.15, -0.1) is 0 Å². The van der Waals surface area contributed by atoms with Gasteiger partial charge in [-0.05, 0) is 64.8 Å². The van der Waals surface area contributed by atoms with Gasteiger partial charge in [0.1, 0.15) is 22.7 Å². The molecular formula is C23H28N2O5S. The van der Waals surface area contributed by atoms with Crippen LogP contribution in [0.15, 0.2) is 53.7 Å². The number of carbonyl (C=O) groups is 1. The fourth-order valence-corrected chi connectivity index (χ4v) is 6.62. The lowest BCUT2D eigenvalue weighted by Gasteiger charge is -2.29. The van der Waals surface area contributed by atoms with Gasteiger partial charge in [-0.1, -0.05) is 17.7 Å². The number of amides is 1. The van der Waals surface area contributed by atoms with Gasteiger partial charge in [0.25, 0.3) is 0 Å². The zero-order valence-electron chi connectivity index (χ0n) is 18.2. The van der Waals surface area contributed by atoms with Gasteiger partial charge in [0, 0.05) is 6.20 Å². The van der Waals surface area contributed by atoms with Crippen LogP contribution in [0.1, 0.15) is 39.2 Å². The summed E-state index contributed by atoms with van der Waals surface area (Å²) in [4.78, 5) is 18.9. The predicted molar refractivity (Wildman–Crippen MR) is 116 cm³/mol. The maximum atomic E-state index is 13.7. The summed E-state index contributed by atoms with van der Waals surface area (Å²) in [6.45, 7) is 7.31. The summed E-state index contributed by atoms with van der Waals surface area (Å²) in [7, 11) is -3.76. The van der Waals surface area contributed by atoms with Crippen molar-refractivity contribution in [1.82, 2.24) is 9.88 Å². The minimum Gasteiger partial charge on any atom is -0.485 e. The van der Waals surface area contributed by atoms with Gasteiger partial charge in [-0.2, -0.15) is 0 Å². The Morgan fingerprint density at radius 2 is 1.77 bits per heavy atom. The molecule has 3 heterocycles. The number of benzene rings is 1. The second-order valence-corrected chi connectivity index (χ2v) is 11.3. The smallest absolute Gasteiger partial charge is 0.410 e. The monoisotopic (exact) mass is 444 g/mol. The lowest BCUT2D eigenvalue weighted by Crippen LogP contribution is -2.46. The molecule has 1 amide bonds. The van der Waals surface area contributed by atoms with Crippen LogP contribution in [-0.4, -0.2) is 53.4 Å². The first-order valence-corrected chi connectivity index (χ1v) is 12.0. The van der Waals surface area contributed by atoms with Crippen molar-refractivity contribution in [3.8, 4) is 5.75 Å². The molecule has 7 nitrogen and oxygen atoms in total. The summed E-state index contributed by atoms with van der Waals surface area (Å²) < 4.78 is 39.2. The maximum Gasteiger partial charge on any atom is 0.410 e. The molecule has 0 saturated carbocycles. The molecule has 0 unspecified atom stereocenters. The molecule has 0 aliphatic carbocycles. The van der Waals surface area contributed by atoms with E-state index in [1.54, 1.807) is 74.5 Å². The Bertz CT molecular complexity index is 1050. The van der Waals surface area contributed by atoms with Crippen molar-refractivity contribution in [3.63, 3.8) is 0 Å². The summed E-state index contributed by atoms with van der Waals surface area (Å²) in [5, 5.41) is -0.887. The number of rotatable bonds is 4.